The summed E-state index contributed by atoms with van der Waals surface area (Å²) in [7, 11) is -4.28. The molecule has 10 heteroatoms. The molecule has 0 fully saturated rings. The van der Waals surface area contributed by atoms with E-state index in [-0.39, 0.29) is 11.5 Å². The van der Waals surface area contributed by atoms with Crippen LogP contribution in [0, 0.1) is 6.92 Å². The molecule has 0 heterocycles. The van der Waals surface area contributed by atoms with E-state index in [0.717, 1.165) is 0 Å². The van der Waals surface area contributed by atoms with Crippen LogP contribution in [-0.4, -0.2) is 32.9 Å². The van der Waals surface area contributed by atoms with Crippen LogP contribution in [0.4, 0.5) is 13.2 Å². The summed E-state index contributed by atoms with van der Waals surface area (Å²) in [6, 6.07) is 5.72. The van der Waals surface area contributed by atoms with Gasteiger partial charge in [-0.2, -0.15) is 31.5 Å². The lowest BCUT2D eigenvalue weighted by Gasteiger charge is -2.11. The fourth-order valence-corrected chi connectivity index (χ4v) is 2.65. The molecule has 1 aromatic rings. The van der Waals surface area contributed by atoms with Crippen LogP contribution in [0.15, 0.2) is 34.3 Å². The number of benzene rings is 1. The van der Waals surface area contributed by atoms with Gasteiger partial charge in [-0.1, -0.05) is 18.2 Å². The number of halogens is 3. The minimum atomic E-state index is -4.97. The molecule has 128 valence electrons. The molecular formula is C13H15F3N2O4S. The summed E-state index contributed by atoms with van der Waals surface area (Å²) in [6.07, 6.45) is -6.16. The number of rotatable bonds is 6. The lowest BCUT2D eigenvalue weighted by Crippen LogP contribution is -2.31. The number of carbonyl (C=O) groups is 1. The highest BCUT2D eigenvalue weighted by molar-refractivity contribution is 7.89. The number of aryl methyl sites for hydroxylation is 1. The van der Waals surface area contributed by atoms with Crippen molar-refractivity contribution < 1.29 is 31.1 Å². The maximum atomic E-state index is 12.8. The highest BCUT2D eigenvalue weighted by Crippen LogP contribution is 2.20. The first-order valence-electron chi connectivity index (χ1n) is 6.44. The van der Waals surface area contributed by atoms with E-state index in [4.69, 9.17) is 0 Å². The normalized spacial score (nSPS) is 12.8. The Hall–Kier alpha value is -2.10. The number of hydrogen-bond acceptors (Lipinski definition) is 5. The smallest absolute Gasteiger partial charge is 0.431 e. The van der Waals surface area contributed by atoms with Crippen molar-refractivity contribution in [2.24, 2.45) is 5.10 Å². The number of hydrazone groups is 1. The van der Waals surface area contributed by atoms with Gasteiger partial charge in [0.15, 0.2) is 5.71 Å². The van der Waals surface area contributed by atoms with E-state index in [1.54, 1.807) is 6.07 Å². The van der Waals surface area contributed by atoms with Crippen molar-refractivity contribution in [3.8, 4) is 0 Å². The molecule has 0 saturated carbocycles. The van der Waals surface area contributed by atoms with Crippen molar-refractivity contribution in [3.05, 3.63) is 29.8 Å². The van der Waals surface area contributed by atoms with Crippen molar-refractivity contribution in [3.63, 3.8) is 0 Å². The summed E-state index contributed by atoms with van der Waals surface area (Å²) in [4.78, 5) is 12.5. The van der Waals surface area contributed by atoms with Crippen LogP contribution in [0.1, 0.15) is 18.9 Å². The molecule has 0 aliphatic rings. The number of alkyl halides is 3. The van der Waals surface area contributed by atoms with Crippen molar-refractivity contribution in [1.82, 2.24) is 4.83 Å². The molecule has 0 aliphatic carbocycles. The molecule has 0 saturated heterocycles. The zero-order chi connectivity index (χ0) is 17.7. The zero-order valence-corrected chi connectivity index (χ0v) is 13.2. The van der Waals surface area contributed by atoms with Crippen LogP contribution in [0.2, 0.25) is 0 Å². The third-order valence-corrected chi connectivity index (χ3v) is 4.00. The van der Waals surface area contributed by atoms with Crippen molar-refractivity contribution >= 4 is 21.7 Å². The largest absolute Gasteiger partial charge is 0.466 e. The SMILES string of the molecule is CCOC(=O)C/C(=N\NS(=O)(=O)c1ccccc1C)C(F)(F)F. The van der Waals surface area contributed by atoms with E-state index in [9.17, 15) is 26.4 Å². The van der Waals surface area contributed by atoms with Gasteiger partial charge in [-0.25, -0.2) is 0 Å². The minimum Gasteiger partial charge on any atom is -0.466 e. The number of nitrogens with one attached hydrogen (secondary N) is 1. The monoisotopic (exact) mass is 352 g/mol. The average Bonchev–Trinajstić information content (AvgIpc) is 2.42. The number of hydrogen-bond donors (Lipinski definition) is 1. The summed E-state index contributed by atoms with van der Waals surface area (Å²) in [5.41, 5.74) is -1.25. The molecule has 0 atom stereocenters. The summed E-state index contributed by atoms with van der Waals surface area (Å²) in [5.74, 6) is -1.15. The van der Waals surface area contributed by atoms with E-state index in [2.05, 4.69) is 9.84 Å². The Morgan fingerprint density at radius 1 is 1.30 bits per heavy atom. The second kappa shape index (κ2) is 7.44. The fraction of sp³-hybridized carbons (Fsp3) is 0.385. The van der Waals surface area contributed by atoms with Crippen LogP contribution >= 0.6 is 0 Å². The fourth-order valence-electron chi connectivity index (χ4n) is 1.57. The van der Waals surface area contributed by atoms with Gasteiger partial charge in [0.1, 0.15) is 0 Å². The minimum absolute atomic E-state index is 0.0983. The third kappa shape index (κ3) is 5.55. The Labute approximate surface area is 131 Å². The summed E-state index contributed by atoms with van der Waals surface area (Å²) >= 11 is 0. The van der Waals surface area contributed by atoms with Crippen LogP contribution in [0.25, 0.3) is 0 Å². The van der Waals surface area contributed by atoms with Crippen molar-refractivity contribution in [1.29, 1.82) is 0 Å². The first kappa shape index (κ1) is 18.9. The number of nitrogens with zero attached hydrogens (tertiary/aromatic N) is 1. The molecule has 1 aromatic carbocycles. The second-order valence-corrected chi connectivity index (χ2v) is 6.03. The maximum absolute atomic E-state index is 12.8. The number of carbonyl (C=O) groups excluding carboxylic acids is 1. The van der Waals surface area contributed by atoms with Crippen LogP contribution in [-0.2, 0) is 19.6 Å². The van der Waals surface area contributed by atoms with Crippen molar-refractivity contribution in [2.45, 2.75) is 31.3 Å². The van der Waals surface area contributed by atoms with Gasteiger partial charge in [-0.15, -0.1) is 0 Å². The number of ether oxygens (including phenoxy) is 1. The lowest BCUT2D eigenvalue weighted by molar-refractivity contribution is -0.142. The molecule has 0 bridgehead atoms. The van der Waals surface area contributed by atoms with E-state index in [1.807, 2.05) is 0 Å². The van der Waals surface area contributed by atoms with Crippen molar-refractivity contribution in [2.75, 3.05) is 6.61 Å². The molecule has 0 spiro atoms. The van der Waals surface area contributed by atoms with Gasteiger partial charge in [0, 0.05) is 0 Å². The molecule has 0 aliphatic heterocycles. The standard InChI is InChI=1S/C13H15F3N2O4S/c1-3-22-12(19)8-11(13(14,15)16)17-18-23(20,21)10-7-5-4-6-9(10)2/h4-7,18H,3,8H2,1-2H3/b17-11+. The molecule has 0 radical (unpaired) electrons. The Morgan fingerprint density at radius 2 is 1.91 bits per heavy atom. The van der Waals surface area contributed by atoms with Gasteiger partial charge in [-0.05, 0) is 25.5 Å². The van der Waals surface area contributed by atoms with Gasteiger partial charge in [0.2, 0.25) is 0 Å². The molecule has 0 unspecified atom stereocenters. The van der Waals surface area contributed by atoms with E-state index >= 15 is 0 Å². The zero-order valence-electron chi connectivity index (χ0n) is 12.3. The quantitative estimate of drug-likeness (QED) is 0.483. The second-order valence-electron chi connectivity index (χ2n) is 4.40. The van der Waals surface area contributed by atoms with Gasteiger partial charge < -0.3 is 4.74 Å². The third-order valence-electron chi connectivity index (χ3n) is 2.63. The molecule has 1 N–H and O–H groups in total. The summed E-state index contributed by atoms with van der Waals surface area (Å²) < 4.78 is 66.8. The summed E-state index contributed by atoms with van der Waals surface area (Å²) in [5, 5.41) is 2.86. The molecule has 1 rings (SSSR count). The van der Waals surface area contributed by atoms with E-state index < -0.39 is 34.3 Å². The van der Waals surface area contributed by atoms with Crippen LogP contribution < -0.4 is 4.83 Å². The molecule has 0 amide bonds. The molecular weight excluding hydrogens is 337 g/mol. The summed E-state index contributed by atoms with van der Waals surface area (Å²) in [6.45, 7) is 2.82. The predicted molar refractivity (Wildman–Crippen MR) is 76.2 cm³/mol. The highest BCUT2D eigenvalue weighted by atomic mass is 32.2. The van der Waals surface area contributed by atoms with Gasteiger partial charge >= 0.3 is 12.1 Å². The van der Waals surface area contributed by atoms with Gasteiger partial charge in [0.05, 0.1) is 17.9 Å². The highest BCUT2D eigenvalue weighted by Gasteiger charge is 2.38. The van der Waals surface area contributed by atoms with E-state index in [0.29, 0.717) is 5.56 Å². The Kier molecular flexibility index (Phi) is 6.13. The van der Waals surface area contributed by atoms with Crippen LogP contribution in [0.5, 0.6) is 0 Å². The molecule has 6 nitrogen and oxygen atoms in total. The number of esters is 1. The Balaban J connectivity index is 3.05. The number of sulfonamides is 1. The lowest BCUT2D eigenvalue weighted by atomic mass is 10.2. The predicted octanol–water partition coefficient (Wildman–Crippen LogP) is 2.14. The van der Waals surface area contributed by atoms with Crippen LogP contribution in [0.3, 0.4) is 0 Å². The van der Waals surface area contributed by atoms with E-state index in [1.165, 1.54) is 36.9 Å². The topological polar surface area (TPSA) is 84.8 Å². The molecule has 0 aromatic heterocycles. The Morgan fingerprint density at radius 3 is 2.43 bits per heavy atom. The first-order chi connectivity index (χ1) is 10.6. The first-order valence-corrected chi connectivity index (χ1v) is 7.93. The Bertz CT molecular complexity index is 699. The van der Waals surface area contributed by atoms with Gasteiger partial charge in [-0.3, -0.25) is 4.79 Å². The van der Waals surface area contributed by atoms with Gasteiger partial charge in [0.25, 0.3) is 10.0 Å². The maximum Gasteiger partial charge on any atom is 0.431 e. The molecule has 23 heavy (non-hydrogen) atoms. The average molecular weight is 352 g/mol.